The lowest BCUT2D eigenvalue weighted by Gasteiger charge is -2.19. The van der Waals surface area contributed by atoms with E-state index >= 15 is 0 Å². The van der Waals surface area contributed by atoms with Crippen LogP contribution < -0.4 is 24.8 Å². The van der Waals surface area contributed by atoms with Crippen LogP contribution in [0.15, 0.2) is 54.6 Å². The van der Waals surface area contributed by atoms with Gasteiger partial charge in [0.15, 0.2) is 18.1 Å². The molecule has 3 aromatic carbocycles. The van der Waals surface area contributed by atoms with E-state index in [2.05, 4.69) is 10.6 Å². The van der Waals surface area contributed by atoms with Crippen molar-refractivity contribution in [3.63, 3.8) is 0 Å². The fraction of sp³-hybridized carbons (Fsp3) is 0.130. The first kappa shape index (κ1) is 21.8. The number of fused-ring (bicyclic) bond motifs is 1. The quantitative estimate of drug-likeness (QED) is 0.517. The van der Waals surface area contributed by atoms with Gasteiger partial charge in [0.1, 0.15) is 12.4 Å². The zero-order valence-corrected chi connectivity index (χ0v) is 18.4. The van der Waals surface area contributed by atoms with Crippen molar-refractivity contribution in [3.05, 3.63) is 75.8 Å². The predicted octanol–water partition coefficient (Wildman–Crippen LogP) is 5.16. The lowest BCUT2D eigenvalue weighted by Crippen LogP contribution is -2.25. The van der Waals surface area contributed by atoms with Crippen molar-refractivity contribution in [2.45, 2.75) is 6.61 Å². The van der Waals surface area contributed by atoms with Crippen LogP contribution in [-0.4, -0.2) is 25.5 Å². The first-order valence-corrected chi connectivity index (χ1v) is 10.3. The Morgan fingerprint density at radius 1 is 1.09 bits per heavy atom. The van der Waals surface area contributed by atoms with Crippen LogP contribution in [0.1, 0.15) is 15.9 Å². The second-order valence-electron chi connectivity index (χ2n) is 6.86. The molecule has 0 aromatic heterocycles. The average Bonchev–Trinajstić information content (AvgIpc) is 2.79. The van der Waals surface area contributed by atoms with Gasteiger partial charge in [-0.2, -0.15) is 0 Å². The van der Waals surface area contributed by atoms with Crippen LogP contribution in [-0.2, 0) is 11.4 Å². The van der Waals surface area contributed by atoms with Crippen molar-refractivity contribution in [2.24, 2.45) is 0 Å². The van der Waals surface area contributed by atoms with E-state index in [4.69, 9.17) is 37.4 Å². The molecule has 164 valence electrons. The number of halogens is 2. The summed E-state index contributed by atoms with van der Waals surface area (Å²) in [5.41, 5.74) is 1.98. The van der Waals surface area contributed by atoms with Gasteiger partial charge in [0, 0.05) is 22.2 Å². The lowest BCUT2D eigenvalue weighted by molar-refractivity contribution is -0.118. The summed E-state index contributed by atoms with van der Waals surface area (Å²) in [6.45, 7) is 0.151. The summed E-state index contributed by atoms with van der Waals surface area (Å²) in [6.07, 6.45) is 0. The molecule has 1 aliphatic heterocycles. The van der Waals surface area contributed by atoms with Crippen LogP contribution in [0.2, 0.25) is 10.0 Å². The first-order valence-electron chi connectivity index (χ1n) is 9.56. The molecule has 0 fully saturated rings. The largest absolute Gasteiger partial charge is 0.493 e. The number of carbonyl (C=O) groups excluding carboxylic acids is 2. The van der Waals surface area contributed by atoms with Gasteiger partial charge in [0.25, 0.3) is 11.8 Å². The molecule has 0 saturated heterocycles. The SMILES string of the molecule is COc1cc(C(=O)Nc2cc3c(cc2Cl)NC(=O)CO3)ccc1OCc1ccccc1Cl. The summed E-state index contributed by atoms with van der Waals surface area (Å²) >= 11 is 12.4. The molecule has 0 spiro atoms. The normalized spacial score (nSPS) is 12.3. The van der Waals surface area contributed by atoms with Gasteiger partial charge in [0.2, 0.25) is 0 Å². The zero-order valence-electron chi connectivity index (χ0n) is 16.9. The van der Waals surface area contributed by atoms with Crippen LogP contribution in [0.3, 0.4) is 0 Å². The Balaban J connectivity index is 1.49. The minimum atomic E-state index is -0.400. The molecule has 0 saturated carbocycles. The summed E-state index contributed by atoms with van der Waals surface area (Å²) in [5.74, 6) is 0.620. The Hall–Kier alpha value is -3.42. The Kier molecular flexibility index (Phi) is 6.39. The van der Waals surface area contributed by atoms with Crippen LogP contribution in [0, 0.1) is 0 Å². The molecular weight excluding hydrogens is 455 g/mol. The highest BCUT2D eigenvalue weighted by atomic mass is 35.5. The van der Waals surface area contributed by atoms with Gasteiger partial charge in [-0.25, -0.2) is 0 Å². The van der Waals surface area contributed by atoms with Gasteiger partial charge in [-0.15, -0.1) is 0 Å². The number of amides is 2. The zero-order chi connectivity index (χ0) is 22.7. The molecule has 0 radical (unpaired) electrons. The van der Waals surface area contributed by atoms with E-state index < -0.39 is 5.91 Å². The molecule has 2 N–H and O–H groups in total. The number of rotatable bonds is 6. The highest BCUT2D eigenvalue weighted by Gasteiger charge is 2.20. The number of methoxy groups -OCH3 is 1. The van der Waals surface area contributed by atoms with Gasteiger partial charge in [-0.1, -0.05) is 41.4 Å². The van der Waals surface area contributed by atoms with Crippen LogP contribution in [0.25, 0.3) is 0 Å². The molecule has 32 heavy (non-hydrogen) atoms. The monoisotopic (exact) mass is 472 g/mol. The highest BCUT2D eigenvalue weighted by Crippen LogP contribution is 2.37. The van der Waals surface area contributed by atoms with Gasteiger partial charge >= 0.3 is 0 Å². The molecule has 0 aliphatic carbocycles. The third-order valence-electron chi connectivity index (χ3n) is 4.72. The number of nitrogens with one attached hydrogen (secondary N) is 2. The Morgan fingerprint density at radius 2 is 1.91 bits per heavy atom. The van der Waals surface area contributed by atoms with Gasteiger partial charge in [-0.05, 0) is 30.3 Å². The molecule has 0 atom stereocenters. The van der Waals surface area contributed by atoms with E-state index in [1.807, 2.05) is 18.2 Å². The maximum Gasteiger partial charge on any atom is 0.262 e. The Morgan fingerprint density at radius 3 is 2.69 bits per heavy atom. The third-order valence-corrected chi connectivity index (χ3v) is 5.40. The summed E-state index contributed by atoms with van der Waals surface area (Å²) in [4.78, 5) is 24.2. The standard InChI is InChI=1S/C23H18Cl2N2O5/c1-30-21-8-13(6-7-19(21)31-11-14-4-2-3-5-15(14)24)23(29)27-17-10-20-18(9-16(17)25)26-22(28)12-32-20/h2-10H,11-12H2,1H3,(H,26,28)(H,27,29). The third kappa shape index (κ3) is 4.74. The molecule has 3 aromatic rings. The van der Waals surface area contributed by atoms with Crippen LogP contribution >= 0.6 is 23.2 Å². The fourth-order valence-electron chi connectivity index (χ4n) is 3.09. The van der Waals surface area contributed by atoms with Crippen molar-refractivity contribution in [3.8, 4) is 17.2 Å². The van der Waals surface area contributed by atoms with Crippen molar-refractivity contribution < 1.29 is 23.8 Å². The van der Waals surface area contributed by atoms with E-state index in [9.17, 15) is 9.59 Å². The van der Waals surface area contributed by atoms with Crippen molar-refractivity contribution in [1.29, 1.82) is 0 Å². The lowest BCUT2D eigenvalue weighted by atomic mass is 10.1. The summed E-state index contributed by atoms with van der Waals surface area (Å²) < 4.78 is 16.6. The topological polar surface area (TPSA) is 85.9 Å². The number of anilines is 2. The molecule has 1 heterocycles. The summed E-state index contributed by atoms with van der Waals surface area (Å²) in [6, 6.07) is 15.3. The van der Waals surface area contributed by atoms with Gasteiger partial charge in [-0.3, -0.25) is 9.59 Å². The Labute approximate surface area is 194 Å². The number of hydrogen-bond donors (Lipinski definition) is 2. The fourth-order valence-corrected chi connectivity index (χ4v) is 3.49. The van der Waals surface area contributed by atoms with Gasteiger partial charge in [0.05, 0.1) is 23.5 Å². The molecule has 2 amide bonds. The minimum absolute atomic E-state index is 0.102. The first-order chi connectivity index (χ1) is 15.4. The molecular formula is C23H18Cl2N2O5. The molecule has 1 aliphatic rings. The number of benzene rings is 3. The molecule has 0 unspecified atom stereocenters. The molecule has 7 nitrogen and oxygen atoms in total. The average molecular weight is 473 g/mol. The highest BCUT2D eigenvalue weighted by molar-refractivity contribution is 6.34. The van der Waals surface area contributed by atoms with Crippen LogP contribution in [0.4, 0.5) is 11.4 Å². The van der Waals surface area contributed by atoms with Crippen molar-refractivity contribution >= 4 is 46.4 Å². The van der Waals surface area contributed by atoms with E-state index in [0.717, 1.165) is 5.56 Å². The molecule has 4 rings (SSSR count). The second-order valence-corrected chi connectivity index (χ2v) is 7.68. The number of ether oxygens (including phenoxy) is 3. The number of hydrogen-bond acceptors (Lipinski definition) is 5. The predicted molar refractivity (Wildman–Crippen MR) is 122 cm³/mol. The maximum absolute atomic E-state index is 12.8. The Bertz CT molecular complexity index is 1200. The minimum Gasteiger partial charge on any atom is -0.493 e. The van der Waals surface area contributed by atoms with Crippen molar-refractivity contribution in [1.82, 2.24) is 0 Å². The molecule has 0 bridgehead atoms. The summed E-state index contributed by atoms with van der Waals surface area (Å²) in [5, 5.41) is 6.27. The van der Waals surface area contributed by atoms with Crippen LogP contribution in [0.5, 0.6) is 17.2 Å². The van der Waals surface area contributed by atoms with E-state index in [0.29, 0.717) is 39.2 Å². The molecule has 9 heteroatoms. The smallest absolute Gasteiger partial charge is 0.262 e. The number of carbonyl (C=O) groups is 2. The van der Waals surface area contributed by atoms with E-state index in [-0.39, 0.29) is 24.1 Å². The van der Waals surface area contributed by atoms with Gasteiger partial charge < -0.3 is 24.8 Å². The van der Waals surface area contributed by atoms with Crippen molar-refractivity contribution in [2.75, 3.05) is 24.4 Å². The maximum atomic E-state index is 12.8. The van der Waals surface area contributed by atoms with E-state index in [1.165, 1.54) is 13.2 Å². The van der Waals surface area contributed by atoms with E-state index in [1.54, 1.807) is 30.3 Å². The summed E-state index contributed by atoms with van der Waals surface area (Å²) in [7, 11) is 1.49. The second kappa shape index (κ2) is 9.38.